The number of carbonyl (C=O) groups is 2. The number of nitrogens with zero attached hydrogens (tertiary/aromatic N) is 2. The minimum atomic E-state index is -4.70. The Bertz CT molecular complexity index is 1250. The zero-order valence-corrected chi connectivity index (χ0v) is 22.7. The van der Waals surface area contributed by atoms with Crippen molar-refractivity contribution in [1.29, 1.82) is 0 Å². The number of halogens is 4. The van der Waals surface area contributed by atoms with Crippen molar-refractivity contribution in [2.24, 2.45) is 0 Å². The van der Waals surface area contributed by atoms with Crippen LogP contribution in [0, 0.1) is 0 Å². The van der Waals surface area contributed by atoms with E-state index < -0.39 is 46.2 Å². The van der Waals surface area contributed by atoms with Crippen molar-refractivity contribution >= 4 is 39.1 Å². The van der Waals surface area contributed by atoms with Crippen LogP contribution in [0.2, 0.25) is 5.02 Å². The van der Waals surface area contributed by atoms with Gasteiger partial charge >= 0.3 is 6.18 Å². The molecule has 0 heterocycles. The maximum Gasteiger partial charge on any atom is 0.416 e. The summed E-state index contributed by atoms with van der Waals surface area (Å²) < 4.78 is 65.7. The molecule has 3 rings (SSSR count). The molecule has 2 aromatic carbocycles. The van der Waals surface area contributed by atoms with Crippen LogP contribution < -0.4 is 9.62 Å². The smallest absolute Gasteiger partial charge is 0.352 e. The van der Waals surface area contributed by atoms with E-state index in [1.54, 1.807) is 24.3 Å². The predicted octanol–water partition coefficient (Wildman–Crippen LogP) is 4.99. The summed E-state index contributed by atoms with van der Waals surface area (Å²) in [6.45, 7) is 0.631. The van der Waals surface area contributed by atoms with Crippen molar-refractivity contribution in [3.8, 4) is 0 Å². The quantitative estimate of drug-likeness (QED) is 0.458. The van der Waals surface area contributed by atoms with Gasteiger partial charge in [-0.3, -0.25) is 13.9 Å². The second-order valence-electron chi connectivity index (χ2n) is 9.45. The molecule has 0 aromatic heterocycles. The molecule has 1 N–H and O–H groups in total. The summed E-state index contributed by atoms with van der Waals surface area (Å²) in [5.41, 5.74) is -0.832. The molecular weight excluding hydrogens is 543 g/mol. The second kappa shape index (κ2) is 12.4. The van der Waals surface area contributed by atoms with Crippen LogP contribution in [0.25, 0.3) is 0 Å². The Morgan fingerprint density at radius 1 is 1.08 bits per heavy atom. The van der Waals surface area contributed by atoms with Crippen molar-refractivity contribution in [2.75, 3.05) is 17.1 Å². The largest absolute Gasteiger partial charge is 0.416 e. The predicted molar refractivity (Wildman–Crippen MR) is 140 cm³/mol. The average molecular weight is 574 g/mol. The molecule has 1 aliphatic carbocycles. The Labute approximate surface area is 226 Å². The number of hydrogen-bond donors (Lipinski definition) is 1. The molecule has 0 saturated heterocycles. The van der Waals surface area contributed by atoms with Gasteiger partial charge in [0.2, 0.25) is 21.8 Å². The number of anilines is 1. The molecule has 0 bridgehead atoms. The van der Waals surface area contributed by atoms with Crippen molar-refractivity contribution in [3.63, 3.8) is 0 Å². The topological polar surface area (TPSA) is 86.8 Å². The highest BCUT2D eigenvalue weighted by atomic mass is 35.5. The van der Waals surface area contributed by atoms with Crippen LogP contribution in [0.3, 0.4) is 0 Å². The van der Waals surface area contributed by atoms with Gasteiger partial charge in [-0.05, 0) is 49.6 Å². The first-order chi connectivity index (χ1) is 17.8. The lowest BCUT2D eigenvalue weighted by Gasteiger charge is -2.33. The second-order valence-corrected chi connectivity index (χ2v) is 11.8. The number of rotatable bonds is 9. The zero-order valence-electron chi connectivity index (χ0n) is 21.2. The Kier molecular flexibility index (Phi) is 9.69. The first-order valence-electron chi connectivity index (χ1n) is 12.3. The van der Waals surface area contributed by atoms with Crippen molar-refractivity contribution in [3.05, 3.63) is 64.7 Å². The lowest BCUT2D eigenvalue weighted by Crippen LogP contribution is -2.53. The molecule has 0 aliphatic heterocycles. The van der Waals surface area contributed by atoms with Crippen LogP contribution >= 0.6 is 11.6 Å². The maximum absolute atomic E-state index is 13.6. The van der Waals surface area contributed by atoms with Gasteiger partial charge in [0.05, 0.1) is 17.5 Å². The highest BCUT2D eigenvalue weighted by Gasteiger charge is 2.34. The first-order valence-corrected chi connectivity index (χ1v) is 14.5. The zero-order chi connectivity index (χ0) is 28.1. The summed E-state index contributed by atoms with van der Waals surface area (Å²) in [5, 5.41) is 3.32. The molecule has 2 aromatic rings. The number of hydrogen-bond acceptors (Lipinski definition) is 4. The molecule has 7 nitrogen and oxygen atoms in total. The summed E-state index contributed by atoms with van der Waals surface area (Å²) in [6, 6.07) is 9.44. The van der Waals surface area contributed by atoms with Crippen LogP contribution in [0.1, 0.15) is 50.2 Å². The Morgan fingerprint density at radius 2 is 1.74 bits per heavy atom. The number of carbonyl (C=O) groups excluding carboxylic acids is 2. The molecule has 0 radical (unpaired) electrons. The van der Waals surface area contributed by atoms with E-state index >= 15 is 0 Å². The molecule has 1 fully saturated rings. The van der Waals surface area contributed by atoms with E-state index in [1.807, 2.05) is 0 Å². The standard InChI is InChI=1S/C26H31ClF3N3O4S/c1-18(25(35)31-21-11-4-3-5-12-21)32(16-19-9-6-7-14-23(19)27)24(34)17-33(38(2,36)37)22-13-8-10-20(15-22)26(28,29)30/h6-10,13-15,18,21H,3-5,11-12,16-17H2,1-2H3,(H,31,35). The van der Waals surface area contributed by atoms with Crippen LogP contribution in [0.4, 0.5) is 18.9 Å². The van der Waals surface area contributed by atoms with Gasteiger partial charge in [-0.1, -0.05) is 55.1 Å². The van der Waals surface area contributed by atoms with E-state index in [0.29, 0.717) is 21.0 Å². The Morgan fingerprint density at radius 3 is 2.34 bits per heavy atom. The van der Waals surface area contributed by atoms with Gasteiger partial charge in [-0.25, -0.2) is 8.42 Å². The van der Waals surface area contributed by atoms with Crippen molar-refractivity contribution in [2.45, 2.75) is 63.8 Å². The molecule has 2 amide bonds. The Balaban J connectivity index is 1.92. The lowest BCUT2D eigenvalue weighted by atomic mass is 9.95. The van der Waals surface area contributed by atoms with E-state index in [1.165, 1.54) is 17.9 Å². The third kappa shape index (κ3) is 7.86. The van der Waals surface area contributed by atoms with Crippen molar-refractivity contribution in [1.82, 2.24) is 10.2 Å². The van der Waals surface area contributed by atoms with E-state index in [-0.39, 0.29) is 18.3 Å². The number of alkyl halides is 3. The summed E-state index contributed by atoms with van der Waals surface area (Å²) >= 11 is 6.30. The summed E-state index contributed by atoms with van der Waals surface area (Å²) in [5.74, 6) is -1.17. The van der Waals surface area contributed by atoms with Crippen molar-refractivity contribution < 1.29 is 31.2 Å². The minimum Gasteiger partial charge on any atom is -0.352 e. The molecular formula is C26H31ClF3N3O4S. The van der Waals surface area contributed by atoms with Crippen LogP contribution in [0.5, 0.6) is 0 Å². The van der Waals surface area contributed by atoms with Gasteiger partial charge in [-0.2, -0.15) is 13.2 Å². The van der Waals surface area contributed by atoms with Gasteiger partial charge in [0.1, 0.15) is 12.6 Å². The van der Waals surface area contributed by atoms with Gasteiger partial charge in [0, 0.05) is 17.6 Å². The van der Waals surface area contributed by atoms with Gasteiger partial charge in [-0.15, -0.1) is 0 Å². The highest BCUT2D eigenvalue weighted by Crippen LogP contribution is 2.32. The molecule has 208 valence electrons. The summed E-state index contributed by atoms with van der Waals surface area (Å²) in [4.78, 5) is 27.9. The third-order valence-corrected chi connectivity index (χ3v) is 8.07. The number of nitrogens with one attached hydrogen (secondary N) is 1. The minimum absolute atomic E-state index is 0.0198. The van der Waals surface area contributed by atoms with Crippen LogP contribution in [0.15, 0.2) is 48.5 Å². The van der Waals surface area contributed by atoms with Crippen LogP contribution in [-0.2, 0) is 32.3 Å². The fourth-order valence-electron chi connectivity index (χ4n) is 4.41. The maximum atomic E-state index is 13.6. The normalized spacial score (nSPS) is 15.5. The number of amides is 2. The number of sulfonamides is 1. The number of benzene rings is 2. The average Bonchev–Trinajstić information content (AvgIpc) is 2.85. The van der Waals surface area contributed by atoms with E-state index in [9.17, 15) is 31.2 Å². The molecule has 0 spiro atoms. The fourth-order valence-corrected chi connectivity index (χ4v) is 5.45. The van der Waals surface area contributed by atoms with E-state index in [4.69, 9.17) is 11.6 Å². The molecule has 38 heavy (non-hydrogen) atoms. The fraction of sp³-hybridized carbons (Fsp3) is 0.462. The molecule has 1 unspecified atom stereocenters. The summed E-state index contributed by atoms with van der Waals surface area (Å²) in [6.07, 6.45) is 0.825. The first kappa shape index (κ1) is 29.8. The molecule has 12 heteroatoms. The van der Waals surface area contributed by atoms with Gasteiger partial charge in [0.15, 0.2) is 0 Å². The molecule has 1 saturated carbocycles. The van der Waals surface area contributed by atoms with E-state index in [0.717, 1.165) is 50.5 Å². The highest BCUT2D eigenvalue weighted by molar-refractivity contribution is 7.92. The van der Waals surface area contributed by atoms with Crippen LogP contribution in [-0.4, -0.2) is 50.0 Å². The summed E-state index contributed by atoms with van der Waals surface area (Å²) in [7, 11) is -4.17. The Hall–Kier alpha value is -2.79. The SMILES string of the molecule is CC(C(=O)NC1CCCCC1)N(Cc1ccccc1Cl)C(=O)CN(c1cccc(C(F)(F)F)c1)S(C)(=O)=O. The monoisotopic (exact) mass is 573 g/mol. The van der Waals surface area contributed by atoms with Gasteiger partial charge < -0.3 is 10.2 Å². The molecule has 1 atom stereocenters. The third-order valence-electron chi connectivity index (χ3n) is 6.56. The van der Waals surface area contributed by atoms with E-state index in [2.05, 4.69) is 5.32 Å². The lowest BCUT2D eigenvalue weighted by molar-refractivity contribution is -0.139. The van der Waals surface area contributed by atoms with Gasteiger partial charge in [0.25, 0.3) is 0 Å². The molecule has 1 aliphatic rings.